The molecule has 4 nitrogen and oxygen atoms in total. The van der Waals surface area contributed by atoms with E-state index in [2.05, 4.69) is 24.4 Å². The Hall–Kier alpha value is -2.20. The van der Waals surface area contributed by atoms with Crippen LogP contribution in [0.5, 0.6) is 11.5 Å². The number of benzene rings is 2. The summed E-state index contributed by atoms with van der Waals surface area (Å²) in [5.74, 6) is 1.70. The van der Waals surface area contributed by atoms with E-state index in [0.29, 0.717) is 0 Å². The summed E-state index contributed by atoms with van der Waals surface area (Å²) in [5.41, 5.74) is 9.81. The Morgan fingerprint density at radius 3 is 2.32 bits per heavy atom. The lowest BCUT2D eigenvalue weighted by Crippen LogP contribution is -2.45. The van der Waals surface area contributed by atoms with Crippen LogP contribution in [-0.4, -0.2) is 20.8 Å². The lowest BCUT2D eigenvalue weighted by Gasteiger charge is -2.42. The first-order chi connectivity index (χ1) is 10.6. The number of hydrogen-bond acceptors (Lipinski definition) is 4. The molecule has 116 valence electrons. The molecule has 0 aromatic heterocycles. The van der Waals surface area contributed by atoms with Crippen molar-refractivity contribution in [1.29, 1.82) is 0 Å². The lowest BCUT2D eigenvalue weighted by atomic mass is 9.71. The second kappa shape index (κ2) is 5.54. The van der Waals surface area contributed by atoms with Gasteiger partial charge in [0.15, 0.2) is 0 Å². The highest BCUT2D eigenvalue weighted by atomic mass is 16.5. The van der Waals surface area contributed by atoms with Crippen molar-refractivity contribution in [3.63, 3.8) is 0 Å². The molecular weight excluding hydrogens is 276 g/mol. The van der Waals surface area contributed by atoms with Gasteiger partial charge < -0.3 is 20.5 Å². The predicted octanol–water partition coefficient (Wildman–Crippen LogP) is 3.09. The molecule has 0 saturated carbocycles. The van der Waals surface area contributed by atoms with Crippen molar-refractivity contribution in [2.75, 3.05) is 26.1 Å². The maximum Gasteiger partial charge on any atom is 0.120 e. The van der Waals surface area contributed by atoms with Crippen molar-refractivity contribution in [3.8, 4) is 11.5 Å². The van der Waals surface area contributed by atoms with Crippen LogP contribution >= 0.6 is 0 Å². The minimum atomic E-state index is -0.173. The summed E-state index contributed by atoms with van der Waals surface area (Å²) in [6.07, 6.45) is 0. The second-order valence-corrected chi connectivity index (χ2v) is 5.93. The maximum atomic E-state index is 6.61. The molecule has 0 spiro atoms. The van der Waals surface area contributed by atoms with Crippen LogP contribution in [0.3, 0.4) is 0 Å². The van der Waals surface area contributed by atoms with Crippen molar-refractivity contribution in [2.45, 2.75) is 18.4 Å². The largest absolute Gasteiger partial charge is 0.497 e. The first-order valence-electron chi connectivity index (χ1n) is 7.40. The van der Waals surface area contributed by atoms with Crippen LogP contribution in [0.4, 0.5) is 5.69 Å². The van der Waals surface area contributed by atoms with Gasteiger partial charge >= 0.3 is 0 Å². The molecule has 0 amide bonds. The predicted molar refractivity (Wildman–Crippen MR) is 88.8 cm³/mol. The van der Waals surface area contributed by atoms with Crippen LogP contribution in [0.15, 0.2) is 42.5 Å². The molecular formula is C18H22N2O2. The number of hydrogen-bond donors (Lipinski definition) is 2. The third-order valence-electron chi connectivity index (χ3n) is 4.68. The molecule has 0 saturated heterocycles. The molecule has 3 N–H and O–H groups in total. The fraction of sp³-hybridized carbons (Fsp3) is 0.333. The van der Waals surface area contributed by atoms with E-state index < -0.39 is 0 Å². The van der Waals surface area contributed by atoms with Crippen molar-refractivity contribution in [3.05, 3.63) is 53.6 Å². The summed E-state index contributed by atoms with van der Waals surface area (Å²) in [7, 11) is 3.35. The Labute approximate surface area is 131 Å². The highest BCUT2D eigenvalue weighted by Crippen LogP contribution is 2.43. The van der Waals surface area contributed by atoms with E-state index in [0.717, 1.165) is 29.3 Å². The van der Waals surface area contributed by atoms with Crippen LogP contribution in [0.1, 0.15) is 24.1 Å². The van der Waals surface area contributed by atoms with Gasteiger partial charge in [-0.2, -0.15) is 0 Å². The summed E-state index contributed by atoms with van der Waals surface area (Å²) in [4.78, 5) is 0. The van der Waals surface area contributed by atoms with Crippen LogP contribution in [0, 0.1) is 0 Å². The molecule has 0 fully saturated rings. The Kier molecular flexibility index (Phi) is 3.71. The van der Waals surface area contributed by atoms with E-state index >= 15 is 0 Å². The molecule has 0 bridgehead atoms. The average Bonchev–Trinajstić information content (AvgIpc) is 2.58. The average molecular weight is 298 g/mol. The highest BCUT2D eigenvalue weighted by molar-refractivity contribution is 5.61. The van der Waals surface area contributed by atoms with Crippen LogP contribution < -0.4 is 20.5 Å². The summed E-state index contributed by atoms with van der Waals surface area (Å²) < 4.78 is 10.5. The molecule has 4 heteroatoms. The van der Waals surface area contributed by atoms with Gasteiger partial charge in [-0.3, -0.25) is 0 Å². The third-order valence-corrected chi connectivity index (χ3v) is 4.68. The highest BCUT2D eigenvalue weighted by Gasteiger charge is 2.39. The van der Waals surface area contributed by atoms with E-state index in [1.807, 2.05) is 30.3 Å². The number of ether oxygens (including phenoxy) is 2. The summed E-state index contributed by atoms with van der Waals surface area (Å²) in [6.45, 7) is 2.97. The van der Waals surface area contributed by atoms with Gasteiger partial charge in [-0.1, -0.05) is 25.1 Å². The molecule has 1 aliphatic heterocycles. The van der Waals surface area contributed by atoms with Gasteiger partial charge in [0.2, 0.25) is 0 Å². The third kappa shape index (κ3) is 2.29. The van der Waals surface area contributed by atoms with Crippen LogP contribution in [0.2, 0.25) is 0 Å². The molecule has 2 aromatic carbocycles. The molecule has 1 aliphatic rings. The molecule has 0 aliphatic carbocycles. The molecule has 0 unspecified atom stereocenters. The van der Waals surface area contributed by atoms with E-state index in [4.69, 9.17) is 15.2 Å². The normalized spacial score (nSPS) is 23.4. The van der Waals surface area contributed by atoms with E-state index in [9.17, 15) is 0 Å². The molecule has 22 heavy (non-hydrogen) atoms. The summed E-state index contributed by atoms with van der Waals surface area (Å²) >= 11 is 0. The van der Waals surface area contributed by atoms with Gasteiger partial charge in [0.1, 0.15) is 11.5 Å². The first-order valence-corrected chi connectivity index (χ1v) is 7.40. The zero-order chi connectivity index (χ0) is 15.7. The van der Waals surface area contributed by atoms with E-state index in [1.165, 1.54) is 5.56 Å². The van der Waals surface area contributed by atoms with Gasteiger partial charge in [-0.15, -0.1) is 0 Å². The zero-order valence-electron chi connectivity index (χ0n) is 13.2. The monoisotopic (exact) mass is 298 g/mol. The summed E-state index contributed by atoms with van der Waals surface area (Å²) in [6, 6.07) is 14.1. The first kappa shape index (κ1) is 14.7. The van der Waals surface area contributed by atoms with E-state index in [1.54, 1.807) is 14.2 Å². The van der Waals surface area contributed by atoms with Crippen molar-refractivity contribution >= 4 is 5.69 Å². The van der Waals surface area contributed by atoms with E-state index in [-0.39, 0.29) is 11.5 Å². The minimum absolute atomic E-state index is 0.0805. The number of anilines is 1. The number of fused-ring (bicyclic) bond motifs is 1. The van der Waals surface area contributed by atoms with Gasteiger partial charge in [-0.05, 0) is 29.3 Å². The number of nitrogens with two attached hydrogens (primary N) is 1. The SMILES string of the molecule is COc1ccc([C@@]2(C)CNc3cc(OC)ccc3[C@H]2N)cc1. The molecule has 1 heterocycles. The van der Waals surface area contributed by atoms with Crippen molar-refractivity contribution < 1.29 is 9.47 Å². The standard InChI is InChI=1S/C18H22N2O2/c1-18(12-4-6-13(21-2)7-5-12)11-20-16-10-14(22-3)8-9-15(16)17(18)19/h4-10,17,20H,11,19H2,1-3H3/t17-,18-/m1/s1. The van der Waals surface area contributed by atoms with Gasteiger partial charge in [-0.25, -0.2) is 0 Å². The zero-order valence-corrected chi connectivity index (χ0v) is 13.2. The van der Waals surface area contributed by atoms with Gasteiger partial charge in [0, 0.05) is 29.8 Å². The molecule has 0 radical (unpaired) electrons. The Morgan fingerprint density at radius 2 is 1.68 bits per heavy atom. The van der Waals surface area contributed by atoms with Crippen LogP contribution in [0.25, 0.3) is 0 Å². The molecule has 2 aromatic rings. The Balaban J connectivity index is 1.97. The molecule has 3 rings (SSSR count). The quantitative estimate of drug-likeness (QED) is 0.914. The second-order valence-electron chi connectivity index (χ2n) is 5.93. The fourth-order valence-electron chi connectivity index (χ4n) is 3.07. The van der Waals surface area contributed by atoms with Crippen molar-refractivity contribution in [1.82, 2.24) is 0 Å². The summed E-state index contributed by atoms with van der Waals surface area (Å²) in [5, 5.41) is 3.49. The lowest BCUT2D eigenvalue weighted by molar-refractivity contribution is 0.385. The minimum Gasteiger partial charge on any atom is -0.497 e. The topological polar surface area (TPSA) is 56.5 Å². The Morgan fingerprint density at radius 1 is 1.05 bits per heavy atom. The number of methoxy groups -OCH3 is 2. The van der Waals surface area contributed by atoms with Crippen molar-refractivity contribution in [2.24, 2.45) is 5.73 Å². The number of rotatable bonds is 3. The Bertz CT molecular complexity index is 669. The van der Waals surface area contributed by atoms with Gasteiger partial charge in [0.25, 0.3) is 0 Å². The molecule has 2 atom stereocenters. The number of nitrogens with one attached hydrogen (secondary N) is 1. The fourth-order valence-corrected chi connectivity index (χ4v) is 3.07. The maximum absolute atomic E-state index is 6.61. The smallest absolute Gasteiger partial charge is 0.120 e. The van der Waals surface area contributed by atoms with Gasteiger partial charge in [0.05, 0.1) is 14.2 Å². The van der Waals surface area contributed by atoms with Crippen LogP contribution in [-0.2, 0) is 5.41 Å².